The highest BCUT2D eigenvalue weighted by Gasteiger charge is 2.03. The maximum absolute atomic E-state index is 11.0. The summed E-state index contributed by atoms with van der Waals surface area (Å²) in [7, 11) is 0. The Morgan fingerprint density at radius 3 is 2.75 bits per heavy atom. The first-order valence-corrected chi connectivity index (χ1v) is 5.85. The third kappa shape index (κ3) is 4.05. The van der Waals surface area contributed by atoms with Crippen molar-refractivity contribution in [1.82, 2.24) is 0 Å². The normalized spacial score (nSPS) is 10.2. The fourth-order valence-electron chi connectivity index (χ4n) is 1.52. The number of hydrogen-bond donors (Lipinski definition) is 0. The lowest BCUT2D eigenvalue weighted by Gasteiger charge is -2.10. The Bertz CT molecular complexity index is 356. The molecule has 1 rings (SSSR count). The van der Waals surface area contributed by atoms with Gasteiger partial charge in [-0.2, -0.15) is 0 Å². The Balaban J connectivity index is 2.70. The molecule has 88 valence electrons. The first-order valence-electron chi connectivity index (χ1n) is 5.85. The summed E-state index contributed by atoms with van der Waals surface area (Å²) in [5.74, 6) is 1.09. The summed E-state index contributed by atoms with van der Waals surface area (Å²) in [4.78, 5) is 11.0. The molecule has 0 aliphatic rings. The Hall–Kier alpha value is -1.31. The zero-order valence-corrected chi connectivity index (χ0v) is 10.4. The summed E-state index contributed by atoms with van der Waals surface area (Å²) in [6.45, 7) is 6.53. The van der Waals surface area contributed by atoms with Gasteiger partial charge in [-0.25, -0.2) is 0 Å². The lowest BCUT2D eigenvalue weighted by Crippen LogP contribution is -2.01. The average Bonchev–Trinajstić information content (AvgIpc) is 2.22. The van der Waals surface area contributed by atoms with Crippen LogP contribution in [0.15, 0.2) is 18.2 Å². The molecule has 0 N–H and O–H groups in total. The summed E-state index contributed by atoms with van der Waals surface area (Å²) in [5.41, 5.74) is 2.16. The number of carbonyl (C=O) groups excluding carboxylic acids is 1. The first-order chi connectivity index (χ1) is 7.63. The summed E-state index contributed by atoms with van der Waals surface area (Å²) in [5, 5.41) is 0. The van der Waals surface area contributed by atoms with Crippen LogP contribution in [-0.4, -0.2) is 12.4 Å². The SMILES string of the molecule is CCCCOc1cc(CC(C)=O)ccc1C. The molecule has 0 atom stereocenters. The number of hydrogen-bond acceptors (Lipinski definition) is 2. The molecule has 0 amide bonds. The Morgan fingerprint density at radius 2 is 2.12 bits per heavy atom. The van der Waals surface area contributed by atoms with Crippen molar-refractivity contribution in [2.75, 3.05) is 6.61 Å². The van der Waals surface area contributed by atoms with Crippen LogP contribution in [0.1, 0.15) is 37.8 Å². The number of carbonyl (C=O) groups is 1. The summed E-state index contributed by atoms with van der Waals surface area (Å²) < 4.78 is 5.69. The third-order valence-electron chi connectivity index (χ3n) is 2.46. The van der Waals surface area contributed by atoms with Crippen molar-refractivity contribution in [2.45, 2.75) is 40.0 Å². The van der Waals surface area contributed by atoms with Gasteiger partial charge in [0.2, 0.25) is 0 Å². The molecule has 0 saturated carbocycles. The largest absolute Gasteiger partial charge is 0.493 e. The molecule has 0 saturated heterocycles. The van der Waals surface area contributed by atoms with Gasteiger partial charge in [-0.1, -0.05) is 25.5 Å². The molecule has 0 aromatic heterocycles. The van der Waals surface area contributed by atoms with Crippen LogP contribution in [-0.2, 0) is 11.2 Å². The predicted molar refractivity (Wildman–Crippen MR) is 66.0 cm³/mol. The van der Waals surface area contributed by atoms with E-state index in [1.165, 1.54) is 0 Å². The highest BCUT2D eigenvalue weighted by Crippen LogP contribution is 2.20. The minimum absolute atomic E-state index is 0.184. The van der Waals surface area contributed by atoms with Crippen LogP contribution in [0.3, 0.4) is 0 Å². The second kappa shape index (κ2) is 6.31. The van der Waals surface area contributed by atoms with Crippen LogP contribution in [0, 0.1) is 6.92 Å². The summed E-state index contributed by atoms with van der Waals surface area (Å²) in [6.07, 6.45) is 2.69. The molecule has 0 unspecified atom stereocenters. The summed E-state index contributed by atoms with van der Waals surface area (Å²) in [6, 6.07) is 5.98. The predicted octanol–water partition coefficient (Wildman–Crippen LogP) is 3.31. The molecule has 0 heterocycles. The van der Waals surface area contributed by atoms with E-state index in [9.17, 15) is 4.79 Å². The second-order valence-corrected chi connectivity index (χ2v) is 4.18. The first kappa shape index (κ1) is 12.8. The van der Waals surface area contributed by atoms with E-state index in [1.54, 1.807) is 6.92 Å². The molecule has 2 heteroatoms. The maximum atomic E-state index is 11.0. The summed E-state index contributed by atoms with van der Waals surface area (Å²) >= 11 is 0. The van der Waals surface area contributed by atoms with Crippen molar-refractivity contribution in [3.63, 3.8) is 0 Å². The van der Waals surface area contributed by atoms with Crippen LogP contribution in [0.25, 0.3) is 0 Å². The molecule has 0 spiro atoms. The molecular formula is C14H20O2. The standard InChI is InChI=1S/C14H20O2/c1-4-5-8-16-14-10-13(9-12(3)15)7-6-11(14)2/h6-7,10H,4-5,8-9H2,1-3H3. The number of Topliss-reactive ketones (excluding diaryl/α,β-unsaturated/α-hetero) is 1. The minimum atomic E-state index is 0.184. The molecule has 1 aromatic carbocycles. The third-order valence-corrected chi connectivity index (χ3v) is 2.46. The lowest BCUT2D eigenvalue weighted by atomic mass is 10.1. The van der Waals surface area contributed by atoms with E-state index in [0.29, 0.717) is 6.42 Å². The van der Waals surface area contributed by atoms with E-state index >= 15 is 0 Å². The van der Waals surface area contributed by atoms with Crippen LogP contribution >= 0.6 is 0 Å². The van der Waals surface area contributed by atoms with E-state index in [4.69, 9.17) is 4.74 Å². The Labute approximate surface area is 97.6 Å². The van der Waals surface area contributed by atoms with Gasteiger partial charge >= 0.3 is 0 Å². The fraction of sp³-hybridized carbons (Fsp3) is 0.500. The van der Waals surface area contributed by atoms with Crippen LogP contribution in [0.4, 0.5) is 0 Å². The monoisotopic (exact) mass is 220 g/mol. The Morgan fingerprint density at radius 1 is 1.38 bits per heavy atom. The molecule has 0 fully saturated rings. The number of ether oxygens (including phenoxy) is 1. The van der Waals surface area contributed by atoms with Crippen molar-refractivity contribution >= 4 is 5.78 Å². The van der Waals surface area contributed by atoms with E-state index in [2.05, 4.69) is 6.92 Å². The highest BCUT2D eigenvalue weighted by molar-refractivity contribution is 5.78. The Kier molecular flexibility index (Phi) is 5.03. The van der Waals surface area contributed by atoms with E-state index < -0.39 is 0 Å². The second-order valence-electron chi connectivity index (χ2n) is 4.18. The number of ketones is 1. The van der Waals surface area contributed by atoms with Gasteiger partial charge in [-0.15, -0.1) is 0 Å². The van der Waals surface area contributed by atoms with Gasteiger partial charge in [-0.05, 0) is 37.5 Å². The van der Waals surface area contributed by atoms with Crippen molar-refractivity contribution in [1.29, 1.82) is 0 Å². The van der Waals surface area contributed by atoms with Crippen LogP contribution in [0.5, 0.6) is 5.75 Å². The van der Waals surface area contributed by atoms with Gasteiger partial charge in [0.25, 0.3) is 0 Å². The molecule has 2 nitrogen and oxygen atoms in total. The number of rotatable bonds is 6. The highest BCUT2D eigenvalue weighted by atomic mass is 16.5. The van der Waals surface area contributed by atoms with Crippen molar-refractivity contribution < 1.29 is 9.53 Å². The number of unbranched alkanes of at least 4 members (excludes halogenated alkanes) is 1. The topological polar surface area (TPSA) is 26.3 Å². The molecule has 0 aliphatic heterocycles. The van der Waals surface area contributed by atoms with Gasteiger partial charge in [-0.3, -0.25) is 4.79 Å². The minimum Gasteiger partial charge on any atom is -0.493 e. The van der Waals surface area contributed by atoms with Crippen LogP contribution in [0.2, 0.25) is 0 Å². The van der Waals surface area contributed by atoms with Crippen molar-refractivity contribution in [3.8, 4) is 5.75 Å². The number of aryl methyl sites for hydroxylation is 1. The molecule has 0 bridgehead atoms. The van der Waals surface area contributed by atoms with Gasteiger partial charge in [0.05, 0.1) is 6.61 Å². The molecule has 16 heavy (non-hydrogen) atoms. The molecular weight excluding hydrogens is 200 g/mol. The van der Waals surface area contributed by atoms with Gasteiger partial charge in [0.15, 0.2) is 0 Å². The van der Waals surface area contributed by atoms with Gasteiger partial charge < -0.3 is 4.74 Å². The van der Waals surface area contributed by atoms with E-state index in [1.807, 2.05) is 25.1 Å². The van der Waals surface area contributed by atoms with Gasteiger partial charge in [0, 0.05) is 6.42 Å². The maximum Gasteiger partial charge on any atom is 0.134 e. The van der Waals surface area contributed by atoms with Crippen LogP contribution < -0.4 is 4.74 Å². The molecule has 0 radical (unpaired) electrons. The average molecular weight is 220 g/mol. The quantitative estimate of drug-likeness (QED) is 0.687. The zero-order valence-electron chi connectivity index (χ0n) is 10.4. The van der Waals surface area contributed by atoms with E-state index in [0.717, 1.165) is 36.3 Å². The smallest absolute Gasteiger partial charge is 0.134 e. The molecule has 1 aromatic rings. The number of benzene rings is 1. The van der Waals surface area contributed by atoms with E-state index in [-0.39, 0.29) is 5.78 Å². The van der Waals surface area contributed by atoms with Crippen molar-refractivity contribution in [3.05, 3.63) is 29.3 Å². The molecule has 0 aliphatic carbocycles. The lowest BCUT2D eigenvalue weighted by molar-refractivity contribution is -0.116. The fourth-order valence-corrected chi connectivity index (χ4v) is 1.52. The zero-order chi connectivity index (χ0) is 12.0. The van der Waals surface area contributed by atoms with Gasteiger partial charge in [0.1, 0.15) is 11.5 Å². The van der Waals surface area contributed by atoms with Crippen molar-refractivity contribution in [2.24, 2.45) is 0 Å².